The van der Waals surface area contributed by atoms with Gasteiger partial charge in [-0.05, 0) is 26.7 Å². The average molecular weight is 247 g/mol. The molecule has 1 aliphatic carbocycles. The highest BCUT2D eigenvalue weighted by atomic mass is 32.2. The van der Waals surface area contributed by atoms with Crippen molar-refractivity contribution in [3.8, 4) is 0 Å². The van der Waals surface area contributed by atoms with Crippen LogP contribution in [-0.4, -0.2) is 43.3 Å². The minimum Gasteiger partial charge on any atom is -0.342 e. The molecule has 0 aliphatic heterocycles. The van der Waals surface area contributed by atoms with Crippen molar-refractivity contribution in [2.24, 2.45) is 0 Å². The Hall–Kier alpha value is -0.580. The van der Waals surface area contributed by atoms with Crippen molar-refractivity contribution in [3.63, 3.8) is 0 Å². The Morgan fingerprint density at radius 3 is 2.12 bits per heavy atom. The SMILES string of the molecule is CCN(CC)C(=O)CS(=O)(=O)C1CCCC1. The molecule has 1 saturated carbocycles. The first-order valence-electron chi connectivity index (χ1n) is 6.00. The molecule has 16 heavy (non-hydrogen) atoms. The van der Waals surface area contributed by atoms with Crippen molar-refractivity contribution >= 4 is 15.7 Å². The Balaban J connectivity index is 2.61. The van der Waals surface area contributed by atoms with E-state index in [2.05, 4.69) is 0 Å². The van der Waals surface area contributed by atoms with Crippen LogP contribution in [0, 0.1) is 0 Å². The Kier molecular flexibility index (Phi) is 4.77. The van der Waals surface area contributed by atoms with Crippen LogP contribution in [0.15, 0.2) is 0 Å². The monoisotopic (exact) mass is 247 g/mol. The maximum absolute atomic E-state index is 11.9. The van der Waals surface area contributed by atoms with Crippen LogP contribution in [0.4, 0.5) is 0 Å². The molecule has 0 bridgehead atoms. The number of hydrogen-bond donors (Lipinski definition) is 0. The number of hydrogen-bond acceptors (Lipinski definition) is 3. The van der Waals surface area contributed by atoms with Gasteiger partial charge in [-0.3, -0.25) is 4.79 Å². The molecule has 0 unspecified atom stereocenters. The molecule has 0 N–H and O–H groups in total. The molecular weight excluding hydrogens is 226 g/mol. The molecule has 1 fully saturated rings. The molecular formula is C11H21NO3S. The topological polar surface area (TPSA) is 54.5 Å². The molecule has 4 nitrogen and oxygen atoms in total. The van der Waals surface area contributed by atoms with Crippen molar-refractivity contribution in [1.82, 2.24) is 4.90 Å². The standard InChI is InChI=1S/C11H21NO3S/c1-3-12(4-2)11(13)9-16(14,15)10-7-5-6-8-10/h10H,3-9H2,1-2H3. The van der Waals surface area contributed by atoms with Gasteiger partial charge in [0.25, 0.3) is 0 Å². The summed E-state index contributed by atoms with van der Waals surface area (Å²) in [6, 6.07) is 0. The second kappa shape index (κ2) is 5.66. The number of rotatable bonds is 5. The fraction of sp³-hybridized carbons (Fsp3) is 0.909. The highest BCUT2D eigenvalue weighted by molar-refractivity contribution is 7.92. The fourth-order valence-corrected chi connectivity index (χ4v) is 4.02. The average Bonchev–Trinajstić information content (AvgIpc) is 2.71. The number of amides is 1. The van der Waals surface area contributed by atoms with Gasteiger partial charge in [0.2, 0.25) is 5.91 Å². The lowest BCUT2D eigenvalue weighted by Crippen LogP contribution is -2.37. The largest absolute Gasteiger partial charge is 0.342 e. The highest BCUT2D eigenvalue weighted by Gasteiger charge is 2.31. The van der Waals surface area contributed by atoms with Crippen molar-refractivity contribution in [2.75, 3.05) is 18.8 Å². The second-order valence-corrected chi connectivity index (χ2v) is 6.56. The van der Waals surface area contributed by atoms with Gasteiger partial charge in [-0.15, -0.1) is 0 Å². The van der Waals surface area contributed by atoms with Gasteiger partial charge in [0, 0.05) is 13.1 Å². The predicted octanol–water partition coefficient (Wildman–Crippen LogP) is 1.21. The molecule has 0 aromatic carbocycles. The van der Waals surface area contributed by atoms with Crippen LogP contribution in [0.3, 0.4) is 0 Å². The molecule has 1 rings (SSSR count). The predicted molar refractivity (Wildman–Crippen MR) is 64.0 cm³/mol. The Morgan fingerprint density at radius 2 is 1.69 bits per heavy atom. The van der Waals surface area contributed by atoms with E-state index < -0.39 is 9.84 Å². The van der Waals surface area contributed by atoms with Gasteiger partial charge in [-0.2, -0.15) is 0 Å². The molecule has 0 aromatic heterocycles. The van der Waals surface area contributed by atoms with Crippen molar-refractivity contribution in [2.45, 2.75) is 44.8 Å². The minimum atomic E-state index is -3.22. The van der Waals surface area contributed by atoms with Gasteiger partial charge in [0.15, 0.2) is 9.84 Å². The first-order valence-corrected chi connectivity index (χ1v) is 7.72. The molecule has 5 heteroatoms. The first-order chi connectivity index (χ1) is 7.51. The number of carbonyl (C=O) groups is 1. The van der Waals surface area contributed by atoms with E-state index >= 15 is 0 Å². The number of nitrogens with zero attached hydrogens (tertiary/aromatic N) is 1. The fourth-order valence-electron chi connectivity index (χ4n) is 2.21. The second-order valence-electron chi connectivity index (χ2n) is 4.28. The van der Waals surface area contributed by atoms with E-state index in [4.69, 9.17) is 0 Å². The third kappa shape index (κ3) is 3.20. The molecule has 0 heterocycles. The lowest BCUT2D eigenvalue weighted by molar-refractivity contribution is -0.128. The van der Waals surface area contributed by atoms with Crippen LogP contribution < -0.4 is 0 Å². The van der Waals surface area contributed by atoms with Crippen molar-refractivity contribution < 1.29 is 13.2 Å². The summed E-state index contributed by atoms with van der Waals surface area (Å²) in [6.45, 7) is 4.89. The van der Waals surface area contributed by atoms with Crippen molar-refractivity contribution in [3.05, 3.63) is 0 Å². The van der Waals surface area contributed by atoms with E-state index in [-0.39, 0.29) is 16.9 Å². The maximum atomic E-state index is 11.9. The van der Waals surface area contributed by atoms with Crippen LogP contribution in [0.25, 0.3) is 0 Å². The molecule has 0 spiro atoms. The summed E-state index contributed by atoms with van der Waals surface area (Å²) in [5.41, 5.74) is 0. The zero-order valence-electron chi connectivity index (χ0n) is 10.1. The Morgan fingerprint density at radius 1 is 1.19 bits per heavy atom. The summed E-state index contributed by atoms with van der Waals surface area (Å²) in [7, 11) is -3.22. The van der Waals surface area contributed by atoms with Gasteiger partial charge in [0.1, 0.15) is 5.75 Å². The van der Waals surface area contributed by atoms with Gasteiger partial charge < -0.3 is 4.90 Å². The minimum absolute atomic E-state index is 0.253. The van der Waals surface area contributed by atoms with Crippen LogP contribution >= 0.6 is 0 Å². The summed E-state index contributed by atoms with van der Waals surface area (Å²) >= 11 is 0. The molecule has 0 radical (unpaired) electrons. The number of sulfone groups is 1. The van der Waals surface area contributed by atoms with Crippen LogP contribution in [0.5, 0.6) is 0 Å². The summed E-state index contributed by atoms with van der Waals surface area (Å²) in [4.78, 5) is 13.3. The highest BCUT2D eigenvalue weighted by Crippen LogP contribution is 2.25. The molecule has 94 valence electrons. The maximum Gasteiger partial charge on any atom is 0.237 e. The zero-order chi connectivity index (χ0) is 12.2. The molecule has 1 amide bonds. The van der Waals surface area contributed by atoms with Crippen LogP contribution in [-0.2, 0) is 14.6 Å². The van der Waals surface area contributed by atoms with E-state index in [1.54, 1.807) is 4.90 Å². The van der Waals surface area contributed by atoms with Crippen LogP contribution in [0.2, 0.25) is 0 Å². The molecule has 1 aliphatic rings. The summed E-state index contributed by atoms with van der Waals surface area (Å²) < 4.78 is 23.9. The lowest BCUT2D eigenvalue weighted by atomic mass is 10.4. The van der Waals surface area contributed by atoms with Crippen LogP contribution in [0.1, 0.15) is 39.5 Å². The van der Waals surface area contributed by atoms with E-state index in [1.807, 2.05) is 13.8 Å². The lowest BCUT2D eigenvalue weighted by Gasteiger charge is -2.19. The molecule has 0 saturated heterocycles. The van der Waals surface area contributed by atoms with Gasteiger partial charge in [0.05, 0.1) is 5.25 Å². The quantitative estimate of drug-likeness (QED) is 0.734. The normalized spacial score (nSPS) is 17.6. The summed E-state index contributed by atoms with van der Waals surface area (Å²) in [5.74, 6) is -0.559. The molecule has 0 atom stereocenters. The van der Waals surface area contributed by atoms with Crippen molar-refractivity contribution in [1.29, 1.82) is 0 Å². The van der Waals surface area contributed by atoms with E-state index in [0.29, 0.717) is 13.1 Å². The van der Waals surface area contributed by atoms with Gasteiger partial charge in [-0.1, -0.05) is 12.8 Å². The molecule has 0 aromatic rings. The number of carbonyl (C=O) groups excluding carboxylic acids is 1. The van der Waals surface area contributed by atoms with E-state index in [9.17, 15) is 13.2 Å². The van der Waals surface area contributed by atoms with E-state index in [0.717, 1.165) is 25.7 Å². The summed E-state index contributed by atoms with van der Waals surface area (Å²) in [5, 5.41) is -0.271. The van der Waals surface area contributed by atoms with Gasteiger partial charge >= 0.3 is 0 Å². The van der Waals surface area contributed by atoms with Gasteiger partial charge in [-0.25, -0.2) is 8.42 Å². The van der Waals surface area contributed by atoms with E-state index in [1.165, 1.54) is 0 Å². The first kappa shape index (κ1) is 13.5. The zero-order valence-corrected chi connectivity index (χ0v) is 10.9. The Labute approximate surface area is 97.9 Å². The Bertz CT molecular complexity index is 327. The summed E-state index contributed by atoms with van der Waals surface area (Å²) in [6.07, 6.45) is 3.41. The smallest absolute Gasteiger partial charge is 0.237 e. The third-order valence-corrected chi connectivity index (χ3v) is 5.39. The third-order valence-electron chi connectivity index (χ3n) is 3.25.